The van der Waals surface area contributed by atoms with Crippen LogP contribution in [0.25, 0.3) is 11.1 Å². The van der Waals surface area contributed by atoms with Gasteiger partial charge in [0.05, 0.1) is 6.61 Å². The largest absolute Gasteiger partial charge is 0.435 e. The van der Waals surface area contributed by atoms with Crippen molar-refractivity contribution in [3.8, 4) is 16.9 Å². The number of hydrogen-bond donors (Lipinski definition) is 1. The predicted octanol–water partition coefficient (Wildman–Crippen LogP) is 5.82. The second-order valence-corrected chi connectivity index (χ2v) is 7.15. The van der Waals surface area contributed by atoms with Crippen LogP contribution in [-0.2, 0) is 13.0 Å². The zero-order valence-corrected chi connectivity index (χ0v) is 15.1. The summed E-state index contributed by atoms with van der Waals surface area (Å²) in [6.07, 6.45) is 3.04. The molecule has 0 unspecified atom stereocenters. The third-order valence-corrected chi connectivity index (χ3v) is 4.32. The molecule has 0 heterocycles. The molecule has 0 radical (unpaired) electrons. The highest BCUT2D eigenvalue weighted by atomic mass is 19.3. The van der Waals surface area contributed by atoms with Crippen LogP contribution in [0.1, 0.15) is 44.7 Å². The molecule has 2 aromatic rings. The Balaban J connectivity index is 2.43. The Morgan fingerprint density at radius 2 is 1.88 bits per heavy atom. The third-order valence-electron chi connectivity index (χ3n) is 4.32. The van der Waals surface area contributed by atoms with Crippen molar-refractivity contribution in [1.29, 1.82) is 0 Å². The average molecular weight is 348 g/mol. The molecule has 2 aromatic carbocycles. The number of halogens is 2. The van der Waals surface area contributed by atoms with Crippen LogP contribution in [0.15, 0.2) is 42.5 Å². The SMILES string of the molecule is CCCC(C)(C)Cc1cc(CO)ccc1-c1cccc(OC(F)F)c1. The number of rotatable bonds is 8. The number of ether oxygens (including phenoxy) is 1. The minimum Gasteiger partial charge on any atom is -0.435 e. The maximum absolute atomic E-state index is 12.5. The van der Waals surface area contributed by atoms with E-state index in [1.807, 2.05) is 24.3 Å². The van der Waals surface area contributed by atoms with E-state index in [2.05, 4.69) is 25.5 Å². The fourth-order valence-corrected chi connectivity index (χ4v) is 3.29. The smallest absolute Gasteiger partial charge is 0.387 e. The van der Waals surface area contributed by atoms with Gasteiger partial charge in [-0.15, -0.1) is 0 Å². The van der Waals surface area contributed by atoms with Crippen LogP contribution in [0, 0.1) is 5.41 Å². The van der Waals surface area contributed by atoms with Crippen LogP contribution in [0.3, 0.4) is 0 Å². The summed E-state index contributed by atoms with van der Waals surface area (Å²) in [6, 6.07) is 12.6. The fraction of sp³-hybridized carbons (Fsp3) is 0.429. The van der Waals surface area contributed by atoms with E-state index >= 15 is 0 Å². The van der Waals surface area contributed by atoms with Crippen molar-refractivity contribution in [3.63, 3.8) is 0 Å². The molecule has 0 amide bonds. The molecule has 0 saturated carbocycles. The molecule has 2 nitrogen and oxygen atoms in total. The molecule has 0 aromatic heterocycles. The fourth-order valence-electron chi connectivity index (χ4n) is 3.29. The molecule has 0 aliphatic heterocycles. The first-order valence-electron chi connectivity index (χ1n) is 8.62. The van der Waals surface area contributed by atoms with Crippen LogP contribution in [-0.4, -0.2) is 11.7 Å². The van der Waals surface area contributed by atoms with Crippen molar-refractivity contribution < 1.29 is 18.6 Å². The van der Waals surface area contributed by atoms with Crippen molar-refractivity contribution in [3.05, 3.63) is 53.6 Å². The van der Waals surface area contributed by atoms with Crippen molar-refractivity contribution in [2.45, 2.75) is 53.3 Å². The topological polar surface area (TPSA) is 29.5 Å². The highest BCUT2D eigenvalue weighted by Crippen LogP contribution is 2.34. The van der Waals surface area contributed by atoms with E-state index in [9.17, 15) is 13.9 Å². The maximum atomic E-state index is 12.5. The van der Waals surface area contributed by atoms with E-state index in [4.69, 9.17) is 0 Å². The van der Waals surface area contributed by atoms with Gasteiger partial charge in [-0.1, -0.05) is 57.5 Å². The summed E-state index contributed by atoms with van der Waals surface area (Å²) in [6.45, 7) is 3.76. The summed E-state index contributed by atoms with van der Waals surface area (Å²) in [5.74, 6) is 0.150. The first kappa shape index (κ1) is 19.4. The molecular formula is C21H26F2O2. The van der Waals surface area contributed by atoms with Gasteiger partial charge in [-0.25, -0.2) is 0 Å². The van der Waals surface area contributed by atoms with Crippen LogP contribution < -0.4 is 4.74 Å². The molecule has 0 aliphatic rings. The Labute approximate surface area is 148 Å². The van der Waals surface area contributed by atoms with Gasteiger partial charge in [-0.3, -0.25) is 0 Å². The zero-order chi connectivity index (χ0) is 18.4. The quantitative estimate of drug-likeness (QED) is 0.652. The molecule has 25 heavy (non-hydrogen) atoms. The summed E-state index contributed by atoms with van der Waals surface area (Å²) in [7, 11) is 0. The summed E-state index contributed by atoms with van der Waals surface area (Å²) in [5.41, 5.74) is 3.91. The lowest BCUT2D eigenvalue weighted by Gasteiger charge is -2.26. The summed E-state index contributed by atoms with van der Waals surface area (Å²) < 4.78 is 29.5. The summed E-state index contributed by atoms with van der Waals surface area (Å²) in [5, 5.41) is 9.47. The number of benzene rings is 2. The average Bonchev–Trinajstić information content (AvgIpc) is 2.53. The predicted molar refractivity (Wildman–Crippen MR) is 96.8 cm³/mol. The molecule has 4 heteroatoms. The highest BCUT2D eigenvalue weighted by Gasteiger charge is 2.20. The number of alkyl halides is 2. The highest BCUT2D eigenvalue weighted by molar-refractivity contribution is 5.69. The van der Waals surface area contributed by atoms with Gasteiger partial charge >= 0.3 is 6.61 Å². The van der Waals surface area contributed by atoms with Gasteiger partial charge in [0.2, 0.25) is 0 Å². The molecule has 0 saturated heterocycles. The van der Waals surface area contributed by atoms with E-state index < -0.39 is 6.61 Å². The monoisotopic (exact) mass is 348 g/mol. The molecule has 2 rings (SSSR count). The molecule has 0 spiro atoms. The summed E-state index contributed by atoms with van der Waals surface area (Å²) in [4.78, 5) is 0. The number of hydrogen-bond acceptors (Lipinski definition) is 2. The molecule has 0 bridgehead atoms. The first-order chi connectivity index (χ1) is 11.8. The van der Waals surface area contributed by atoms with Crippen LogP contribution in [0.2, 0.25) is 0 Å². The molecule has 136 valence electrons. The van der Waals surface area contributed by atoms with E-state index in [0.29, 0.717) is 0 Å². The Morgan fingerprint density at radius 3 is 2.52 bits per heavy atom. The third kappa shape index (κ3) is 5.53. The van der Waals surface area contributed by atoms with Crippen LogP contribution in [0.5, 0.6) is 5.75 Å². The molecule has 0 aliphatic carbocycles. The Bertz CT molecular complexity index is 696. The zero-order valence-electron chi connectivity index (χ0n) is 15.1. The normalized spacial score (nSPS) is 11.8. The van der Waals surface area contributed by atoms with Crippen molar-refractivity contribution in [2.24, 2.45) is 5.41 Å². The Morgan fingerprint density at radius 1 is 1.12 bits per heavy atom. The second-order valence-electron chi connectivity index (χ2n) is 7.15. The summed E-state index contributed by atoms with van der Waals surface area (Å²) >= 11 is 0. The van der Waals surface area contributed by atoms with Crippen molar-refractivity contribution >= 4 is 0 Å². The lowest BCUT2D eigenvalue weighted by molar-refractivity contribution is -0.0498. The maximum Gasteiger partial charge on any atom is 0.387 e. The van der Waals surface area contributed by atoms with Gasteiger partial charge in [-0.2, -0.15) is 8.78 Å². The van der Waals surface area contributed by atoms with E-state index in [1.54, 1.807) is 12.1 Å². The first-order valence-corrected chi connectivity index (χ1v) is 8.62. The van der Waals surface area contributed by atoms with Crippen LogP contribution in [0.4, 0.5) is 8.78 Å². The Hall–Kier alpha value is -1.94. The van der Waals surface area contributed by atoms with Gasteiger partial charge in [0.1, 0.15) is 5.75 Å². The lowest BCUT2D eigenvalue weighted by Crippen LogP contribution is -2.15. The van der Waals surface area contributed by atoms with Gasteiger partial charge < -0.3 is 9.84 Å². The lowest BCUT2D eigenvalue weighted by atomic mass is 9.79. The Kier molecular flexibility index (Phi) is 6.54. The molecular weight excluding hydrogens is 322 g/mol. The van der Waals surface area contributed by atoms with Crippen molar-refractivity contribution in [1.82, 2.24) is 0 Å². The minimum absolute atomic E-state index is 0.0178. The van der Waals surface area contributed by atoms with Gasteiger partial charge in [-0.05, 0) is 52.6 Å². The van der Waals surface area contributed by atoms with Gasteiger partial charge in [0.15, 0.2) is 0 Å². The van der Waals surface area contributed by atoms with Gasteiger partial charge in [0.25, 0.3) is 0 Å². The number of aliphatic hydroxyl groups excluding tert-OH is 1. The van der Waals surface area contributed by atoms with Crippen molar-refractivity contribution in [2.75, 3.05) is 0 Å². The second kappa shape index (κ2) is 8.43. The molecule has 1 N–H and O–H groups in total. The molecule has 0 atom stereocenters. The minimum atomic E-state index is -2.84. The molecule has 0 fully saturated rings. The van der Waals surface area contributed by atoms with Crippen LogP contribution >= 0.6 is 0 Å². The van der Waals surface area contributed by atoms with E-state index in [0.717, 1.165) is 41.5 Å². The van der Waals surface area contributed by atoms with Gasteiger partial charge in [0, 0.05) is 0 Å². The standard InChI is InChI=1S/C21H26F2O2/c1-4-10-21(2,3)13-17-11-15(14-24)8-9-19(17)16-6-5-7-18(12-16)25-20(22)23/h5-9,11-12,20,24H,4,10,13-14H2,1-3H3. The van der Waals surface area contributed by atoms with E-state index in [1.165, 1.54) is 6.07 Å². The number of aliphatic hydroxyl groups is 1. The van der Waals surface area contributed by atoms with E-state index in [-0.39, 0.29) is 17.8 Å².